The molecule has 3 aliphatic rings. The van der Waals surface area contributed by atoms with Crippen molar-refractivity contribution in [1.29, 1.82) is 0 Å². The summed E-state index contributed by atoms with van der Waals surface area (Å²) < 4.78 is 33.5. The van der Waals surface area contributed by atoms with Gasteiger partial charge in [0, 0.05) is 44.8 Å². The van der Waals surface area contributed by atoms with Gasteiger partial charge in [0.05, 0.1) is 29.7 Å². The molecule has 5 rings (SSSR count). The van der Waals surface area contributed by atoms with Crippen LogP contribution in [0.2, 0.25) is 0 Å². The second-order valence-electron chi connectivity index (χ2n) is 10.7. The van der Waals surface area contributed by atoms with Crippen LogP contribution in [-0.4, -0.2) is 91.8 Å². The Morgan fingerprint density at radius 2 is 1.65 bits per heavy atom. The highest BCUT2D eigenvalue weighted by molar-refractivity contribution is 7.89. The van der Waals surface area contributed by atoms with Gasteiger partial charge in [0.1, 0.15) is 5.76 Å². The Bertz CT molecular complexity index is 1380. The summed E-state index contributed by atoms with van der Waals surface area (Å²) in [4.78, 5) is 30.6. The van der Waals surface area contributed by atoms with Crippen molar-refractivity contribution < 1.29 is 27.9 Å². The Morgan fingerprint density at radius 3 is 2.35 bits per heavy atom. The number of sulfonamides is 1. The van der Waals surface area contributed by atoms with Gasteiger partial charge in [-0.25, -0.2) is 8.42 Å². The van der Waals surface area contributed by atoms with E-state index in [1.807, 2.05) is 31.2 Å². The van der Waals surface area contributed by atoms with Crippen LogP contribution in [0, 0.1) is 6.92 Å². The minimum atomic E-state index is -3.75. The molecule has 3 saturated heterocycles. The molecule has 1 amide bonds. The molecule has 3 aliphatic heterocycles. The fourth-order valence-electron chi connectivity index (χ4n) is 5.71. The van der Waals surface area contributed by atoms with Crippen LogP contribution in [0.25, 0.3) is 5.76 Å². The number of aryl methyl sites for hydroxylation is 1. The van der Waals surface area contributed by atoms with Crippen molar-refractivity contribution in [3.63, 3.8) is 0 Å². The molecule has 9 nitrogen and oxygen atoms in total. The number of aliphatic hydroxyl groups is 1. The number of carbonyl (C=O) groups excluding carboxylic acids is 2. The van der Waals surface area contributed by atoms with Crippen molar-refractivity contribution in [3.8, 4) is 0 Å². The lowest BCUT2D eigenvalue weighted by Gasteiger charge is -2.29. The van der Waals surface area contributed by atoms with Gasteiger partial charge in [-0.3, -0.25) is 14.5 Å². The van der Waals surface area contributed by atoms with E-state index in [4.69, 9.17) is 4.74 Å². The lowest BCUT2D eigenvalue weighted by atomic mass is 9.94. The van der Waals surface area contributed by atoms with E-state index < -0.39 is 27.8 Å². The third-order valence-electron chi connectivity index (χ3n) is 7.97. The maximum atomic E-state index is 13.4. The first kappa shape index (κ1) is 28.5. The topological polar surface area (TPSA) is 107 Å². The van der Waals surface area contributed by atoms with Gasteiger partial charge in [-0.2, -0.15) is 4.31 Å². The molecule has 0 bridgehead atoms. The Morgan fingerprint density at radius 1 is 0.950 bits per heavy atom. The summed E-state index contributed by atoms with van der Waals surface area (Å²) in [5.74, 6) is -1.79. The number of nitrogens with zero attached hydrogens (tertiary/aromatic N) is 3. The molecular weight excluding hydrogens is 530 g/mol. The van der Waals surface area contributed by atoms with Crippen LogP contribution in [0.4, 0.5) is 0 Å². The number of morpholine rings is 1. The normalized spacial score (nSPS) is 22.6. The van der Waals surface area contributed by atoms with Crippen LogP contribution in [-0.2, 0) is 24.3 Å². The van der Waals surface area contributed by atoms with Gasteiger partial charge >= 0.3 is 0 Å². The van der Waals surface area contributed by atoms with Gasteiger partial charge in [0.2, 0.25) is 10.0 Å². The van der Waals surface area contributed by atoms with Crippen molar-refractivity contribution in [2.45, 2.75) is 43.5 Å². The molecule has 0 aliphatic carbocycles. The first-order valence-electron chi connectivity index (χ1n) is 14.0. The molecule has 3 fully saturated rings. The molecule has 2 aromatic carbocycles. The van der Waals surface area contributed by atoms with Crippen LogP contribution in [0.5, 0.6) is 0 Å². The summed E-state index contributed by atoms with van der Waals surface area (Å²) in [6, 6.07) is 12.8. The number of ketones is 1. The number of Topliss-reactive ketones (excluding diaryl/α,β-unsaturated/α-hetero) is 1. The fraction of sp³-hybridized carbons (Fsp3) is 0.467. The molecule has 0 spiro atoms. The van der Waals surface area contributed by atoms with Crippen LogP contribution < -0.4 is 0 Å². The lowest BCUT2D eigenvalue weighted by molar-refractivity contribution is -0.140. The number of piperidine rings is 1. The maximum absolute atomic E-state index is 13.4. The molecule has 0 aromatic heterocycles. The second-order valence-corrected chi connectivity index (χ2v) is 12.6. The van der Waals surface area contributed by atoms with E-state index in [0.29, 0.717) is 39.3 Å². The standard InChI is InChI=1S/C30H37N3O6S/c1-22-9-11-23(12-10-22)27-26(29(35)30(36)33(27)16-6-13-31-17-19-39-20-18-31)28(34)24-7-5-8-25(21-24)40(37,38)32-14-3-2-4-15-32/h5,7-12,21,27,34H,2-4,6,13-20H2,1H3/b28-26-. The zero-order chi connectivity index (χ0) is 28.3. The average Bonchev–Trinajstić information content (AvgIpc) is 3.23. The first-order valence-corrected chi connectivity index (χ1v) is 15.5. The van der Waals surface area contributed by atoms with Crippen molar-refractivity contribution >= 4 is 27.5 Å². The van der Waals surface area contributed by atoms with E-state index in [0.717, 1.165) is 50.0 Å². The van der Waals surface area contributed by atoms with E-state index in [1.165, 1.54) is 21.3 Å². The number of carbonyl (C=O) groups is 2. The van der Waals surface area contributed by atoms with Crippen LogP contribution >= 0.6 is 0 Å². The number of aliphatic hydroxyl groups excluding tert-OH is 1. The van der Waals surface area contributed by atoms with Gasteiger partial charge in [-0.05, 0) is 43.9 Å². The monoisotopic (exact) mass is 567 g/mol. The van der Waals surface area contributed by atoms with Crippen LogP contribution in [0.3, 0.4) is 0 Å². The van der Waals surface area contributed by atoms with Crippen molar-refractivity contribution in [2.75, 3.05) is 52.5 Å². The summed E-state index contributed by atoms with van der Waals surface area (Å²) in [5.41, 5.74) is 1.92. The van der Waals surface area contributed by atoms with Gasteiger partial charge in [0.25, 0.3) is 11.7 Å². The SMILES string of the molecule is Cc1ccc(C2/C(=C(/O)c3cccc(S(=O)(=O)N4CCCCC4)c3)C(=O)C(=O)N2CCCN2CCOCC2)cc1. The molecule has 3 heterocycles. The summed E-state index contributed by atoms with van der Waals surface area (Å²) >= 11 is 0. The minimum Gasteiger partial charge on any atom is -0.507 e. The number of benzene rings is 2. The van der Waals surface area contributed by atoms with E-state index in [9.17, 15) is 23.1 Å². The fourth-order valence-corrected chi connectivity index (χ4v) is 7.27. The number of amides is 1. The molecule has 1 N–H and O–H groups in total. The van der Waals surface area contributed by atoms with Crippen molar-refractivity contribution in [2.24, 2.45) is 0 Å². The van der Waals surface area contributed by atoms with Gasteiger partial charge in [-0.1, -0.05) is 48.4 Å². The number of likely N-dealkylation sites (tertiary alicyclic amines) is 1. The van der Waals surface area contributed by atoms with Crippen molar-refractivity contribution in [1.82, 2.24) is 14.1 Å². The Balaban J connectivity index is 1.48. The quantitative estimate of drug-likeness (QED) is 0.296. The minimum absolute atomic E-state index is 0.0206. The van der Waals surface area contributed by atoms with E-state index >= 15 is 0 Å². The molecule has 40 heavy (non-hydrogen) atoms. The Hall–Kier alpha value is -3.05. The number of hydrogen-bond acceptors (Lipinski definition) is 7. The van der Waals surface area contributed by atoms with Gasteiger partial charge in [0.15, 0.2) is 0 Å². The third kappa shape index (κ3) is 5.85. The third-order valence-corrected chi connectivity index (χ3v) is 9.87. The van der Waals surface area contributed by atoms with E-state index in [-0.39, 0.29) is 21.8 Å². The maximum Gasteiger partial charge on any atom is 0.295 e. The zero-order valence-electron chi connectivity index (χ0n) is 22.9. The highest BCUT2D eigenvalue weighted by Gasteiger charge is 2.46. The molecule has 214 valence electrons. The summed E-state index contributed by atoms with van der Waals surface area (Å²) in [6.07, 6.45) is 3.28. The Kier molecular flexibility index (Phi) is 8.70. The lowest BCUT2D eigenvalue weighted by Crippen LogP contribution is -2.38. The number of rotatable bonds is 8. The van der Waals surface area contributed by atoms with E-state index in [2.05, 4.69) is 4.90 Å². The Labute approximate surface area is 236 Å². The summed E-state index contributed by atoms with van der Waals surface area (Å²) in [7, 11) is -3.75. The highest BCUT2D eigenvalue weighted by Crippen LogP contribution is 2.40. The average molecular weight is 568 g/mol. The van der Waals surface area contributed by atoms with Gasteiger partial charge in [-0.15, -0.1) is 0 Å². The predicted molar refractivity (Wildman–Crippen MR) is 151 cm³/mol. The van der Waals surface area contributed by atoms with E-state index in [1.54, 1.807) is 12.1 Å². The molecule has 10 heteroatoms. The molecular formula is C30H37N3O6S. The van der Waals surface area contributed by atoms with Crippen LogP contribution in [0.1, 0.15) is 48.4 Å². The molecule has 0 saturated carbocycles. The smallest absolute Gasteiger partial charge is 0.295 e. The number of hydrogen-bond donors (Lipinski definition) is 1. The number of ether oxygens (including phenoxy) is 1. The molecule has 1 unspecified atom stereocenters. The largest absolute Gasteiger partial charge is 0.507 e. The molecule has 2 aromatic rings. The second kappa shape index (κ2) is 12.2. The van der Waals surface area contributed by atoms with Gasteiger partial charge < -0.3 is 14.7 Å². The van der Waals surface area contributed by atoms with Crippen LogP contribution in [0.15, 0.2) is 59.0 Å². The molecule has 0 radical (unpaired) electrons. The summed E-state index contributed by atoms with van der Waals surface area (Å²) in [5, 5.41) is 11.5. The van der Waals surface area contributed by atoms with Crippen molar-refractivity contribution in [3.05, 3.63) is 70.8 Å². The first-order chi connectivity index (χ1) is 19.3. The summed E-state index contributed by atoms with van der Waals surface area (Å²) in [6.45, 7) is 7.01. The molecule has 1 atom stereocenters. The highest BCUT2D eigenvalue weighted by atomic mass is 32.2. The zero-order valence-corrected chi connectivity index (χ0v) is 23.7. The predicted octanol–water partition coefficient (Wildman–Crippen LogP) is 3.31.